The van der Waals surface area contributed by atoms with Gasteiger partial charge in [-0.15, -0.1) is 0 Å². The molecule has 0 spiro atoms. The van der Waals surface area contributed by atoms with Crippen molar-refractivity contribution in [1.82, 2.24) is 5.32 Å². The molecule has 1 aliphatic heterocycles. The van der Waals surface area contributed by atoms with Crippen molar-refractivity contribution in [3.05, 3.63) is 0 Å². The molecule has 0 aromatic heterocycles. The lowest BCUT2D eigenvalue weighted by atomic mass is 9.86. The molecule has 2 fully saturated rings. The molecule has 0 atom stereocenters. The van der Waals surface area contributed by atoms with E-state index in [1.165, 1.54) is 30.8 Å². The van der Waals surface area contributed by atoms with E-state index in [-0.39, 0.29) is 0 Å². The second kappa shape index (κ2) is 5.23. The third-order valence-electron chi connectivity index (χ3n) is 2.90. The summed E-state index contributed by atoms with van der Waals surface area (Å²) in [5.41, 5.74) is 0. The fourth-order valence-electron chi connectivity index (χ4n) is 1.60. The van der Waals surface area contributed by atoms with Crippen LogP contribution in [-0.2, 0) is 4.74 Å². The van der Waals surface area contributed by atoms with Crippen LogP contribution in [0.15, 0.2) is 0 Å². The summed E-state index contributed by atoms with van der Waals surface area (Å²) >= 11 is 2.02. The van der Waals surface area contributed by atoms with E-state index in [2.05, 4.69) is 5.32 Å². The van der Waals surface area contributed by atoms with Gasteiger partial charge in [0.15, 0.2) is 0 Å². The smallest absolute Gasteiger partial charge is 0.0591 e. The molecular weight excluding hydrogens is 182 g/mol. The Hall–Kier alpha value is 0.270. The molecule has 1 aliphatic carbocycles. The van der Waals surface area contributed by atoms with Gasteiger partial charge in [-0.25, -0.2) is 0 Å². The highest BCUT2D eigenvalue weighted by molar-refractivity contribution is 8.00. The number of hydrogen-bond acceptors (Lipinski definition) is 3. The van der Waals surface area contributed by atoms with Crippen LogP contribution in [-0.4, -0.2) is 37.3 Å². The average Bonchev–Trinajstić information content (AvgIpc) is 1.96. The zero-order valence-electron chi connectivity index (χ0n) is 8.13. The first-order valence-corrected chi connectivity index (χ1v) is 6.49. The lowest BCUT2D eigenvalue weighted by molar-refractivity contribution is 0.0712. The molecule has 3 heteroatoms. The molecule has 0 bridgehead atoms. The molecule has 2 nitrogen and oxygen atoms in total. The Morgan fingerprint density at radius 1 is 1.31 bits per heavy atom. The maximum absolute atomic E-state index is 5.59. The molecule has 1 N–H and O–H groups in total. The lowest BCUT2D eigenvalue weighted by Gasteiger charge is -2.27. The van der Waals surface area contributed by atoms with Crippen LogP contribution in [0.3, 0.4) is 0 Å². The molecule has 2 aliphatic rings. The third kappa shape index (κ3) is 3.15. The molecule has 76 valence electrons. The van der Waals surface area contributed by atoms with Gasteiger partial charge >= 0.3 is 0 Å². The van der Waals surface area contributed by atoms with Gasteiger partial charge in [-0.3, -0.25) is 0 Å². The number of thioether (sulfide) groups is 1. The van der Waals surface area contributed by atoms with E-state index in [9.17, 15) is 0 Å². The van der Waals surface area contributed by atoms with E-state index in [1.54, 1.807) is 0 Å². The van der Waals surface area contributed by atoms with Gasteiger partial charge in [0.25, 0.3) is 0 Å². The van der Waals surface area contributed by atoms with Gasteiger partial charge in [-0.2, -0.15) is 11.8 Å². The van der Waals surface area contributed by atoms with Gasteiger partial charge in [0.1, 0.15) is 0 Å². The van der Waals surface area contributed by atoms with E-state index in [0.717, 1.165) is 31.7 Å². The molecule has 1 saturated carbocycles. The van der Waals surface area contributed by atoms with Gasteiger partial charge in [0.2, 0.25) is 0 Å². The molecule has 1 saturated heterocycles. The SMILES string of the molecule is C1CC(COCCNC2CSC2)C1. The summed E-state index contributed by atoms with van der Waals surface area (Å²) in [5.74, 6) is 3.48. The van der Waals surface area contributed by atoms with Crippen LogP contribution in [0.2, 0.25) is 0 Å². The molecule has 0 aromatic carbocycles. The normalized spacial score (nSPS) is 24.0. The monoisotopic (exact) mass is 201 g/mol. The van der Waals surface area contributed by atoms with Crippen molar-refractivity contribution in [3.8, 4) is 0 Å². The van der Waals surface area contributed by atoms with Crippen molar-refractivity contribution in [3.63, 3.8) is 0 Å². The fraction of sp³-hybridized carbons (Fsp3) is 1.00. The maximum atomic E-state index is 5.59. The first-order chi connectivity index (χ1) is 6.45. The fourth-order valence-corrected chi connectivity index (χ4v) is 2.31. The highest BCUT2D eigenvalue weighted by Crippen LogP contribution is 2.26. The molecule has 0 unspecified atom stereocenters. The summed E-state index contributed by atoms with van der Waals surface area (Å²) < 4.78 is 5.59. The maximum Gasteiger partial charge on any atom is 0.0591 e. The van der Waals surface area contributed by atoms with Crippen molar-refractivity contribution in [2.75, 3.05) is 31.3 Å². The Balaban J connectivity index is 1.36. The highest BCUT2D eigenvalue weighted by atomic mass is 32.2. The Morgan fingerprint density at radius 2 is 2.15 bits per heavy atom. The predicted octanol–water partition coefficient (Wildman–Crippen LogP) is 1.51. The van der Waals surface area contributed by atoms with Crippen molar-refractivity contribution >= 4 is 11.8 Å². The van der Waals surface area contributed by atoms with Crippen molar-refractivity contribution < 1.29 is 4.74 Å². The minimum atomic E-state index is 0.775. The van der Waals surface area contributed by atoms with Gasteiger partial charge in [-0.1, -0.05) is 6.42 Å². The summed E-state index contributed by atoms with van der Waals surface area (Å²) in [5, 5.41) is 3.48. The zero-order chi connectivity index (χ0) is 8.93. The Labute approximate surface area is 84.8 Å². The van der Waals surface area contributed by atoms with Crippen LogP contribution in [0.1, 0.15) is 19.3 Å². The van der Waals surface area contributed by atoms with Crippen LogP contribution in [0.4, 0.5) is 0 Å². The largest absolute Gasteiger partial charge is 0.380 e. The molecule has 1 heterocycles. The number of nitrogens with one attached hydrogen (secondary N) is 1. The van der Waals surface area contributed by atoms with Crippen molar-refractivity contribution in [2.45, 2.75) is 25.3 Å². The summed E-state index contributed by atoms with van der Waals surface area (Å²) in [7, 11) is 0. The van der Waals surface area contributed by atoms with Gasteiger partial charge < -0.3 is 10.1 Å². The zero-order valence-corrected chi connectivity index (χ0v) is 8.94. The average molecular weight is 201 g/mol. The van der Waals surface area contributed by atoms with Crippen LogP contribution in [0.25, 0.3) is 0 Å². The quantitative estimate of drug-likeness (QED) is 0.658. The Kier molecular flexibility index (Phi) is 3.94. The summed E-state index contributed by atoms with van der Waals surface area (Å²) in [6, 6.07) is 0.775. The summed E-state index contributed by atoms with van der Waals surface area (Å²) in [4.78, 5) is 0. The minimum absolute atomic E-state index is 0.775. The first-order valence-electron chi connectivity index (χ1n) is 5.34. The molecular formula is C10H19NOS. The van der Waals surface area contributed by atoms with Crippen LogP contribution >= 0.6 is 11.8 Å². The van der Waals surface area contributed by atoms with Crippen molar-refractivity contribution in [1.29, 1.82) is 0 Å². The molecule has 13 heavy (non-hydrogen) atoms. The second-order valence-electron chi connectivity index (χ2n) is 4.06. The number of ether oxygens (including phenoxy) is 1. The number of hydrogen-bond donors (Lipinski definition) is 1. The van der Waals surface area contributed by atoms with E-state index in [4.69, 9.17) is 4.74 Å². The van der Waals surface area contributed by atoms with Gasteiger partial charge in [0.05, 0.1) is 6.61 Å². The predicted molar refractivity (Wildman–Crippen MR) is 57.3 cm³/mol. The molecule has 0 radical (unpaired) electrons. The molecule has 2 rings (SSSR count). The van der Waals surface area contributed by atoms with E-state index in [0.29, 0.717) is 0 Å². The second-order valence-corrected chi connectivity index (χ2v) is 5.14. The lowest BCUT2D eigenvalue weighted by Crippen LogP contribution is -2.41. The van der Waals surface area contributed by atoms with E-state index < -0.39 is 0 Å². The van der Waals surface area contributed by atoms with Crippen LogP contribution in [0, 0.1) is 5.92 Å². The van der Waals surface area contributed by atoms with E-state index >= 15 is 0 Å². The highest BCUT2D eigenvalue weighted by Gasteiger charge is 2.18. The van der Waals surface area contributed by atoms with E-state index in [1.807, 2.05) is 11.8 Å². The topological polar surface area (TPSA) is 21.3 Å². The van der Waals surface area contributed by atoms with Crippen molar-refractivity contribution in [2.24, 2.45) is 5.92 Å². The van der Waals surface area contributed by atoms with Crippen LogP contribution < -0.4 is 5.32 Å². The summed E-state index contributed by atoms with van der Waals surface area (Å²) in [6.45, 7) is 2.94. The number of rotatable bonds is 6. The first kappa shape index (κ1) is 9.81. The van der Waals surface area contributed by atoms with Gasteiger partial charge in [-0.05, 0) is 18.8 Å². The molecule has 0 amide bonds. The van der Waals surface area contributed by atoms with Gasteiger partial charge in [0, 0.05) is 30.7 Å². The molecule has 0 aromatic rings. The Morgan fingerprint density at radius 3 is 2.69 bits per heavy atom. The summed E-state index contributed by atoms with van der Waals surface area (Å²) in [6.07, 6.45) is 4.21. The Bertz CT molecular complexity index is 130. The minimum Gasteiger partial charge on any atom is -0.380 e. The third-order valence-corrected chi connectivity index (χ3v) is 4.17. The standard InChI is InChI=1S/C10H19NOS/c1-2-9(3-1)6-12-5-4-11-10-7-13-8-10/h9-11H,1-8H2. The van der Waals surface area contributed by atoms with Crippen LogP contribution in [0.5, 0.6) is 0 Å².